The molecule has 0 saturated carbocycles. The first-order valence-electron chi connectivity index (χ1n) is 11.0. The van der Waals surface area contributed by atoms with Crippen molar-refractivity contribution >= 4 is 39.2 Å². The summed E-state index contributed by atoms with van der Waals surface area (Å²) in [6.07, 6.45) is -1.20. The Kier molecular flexibility index (Phi) is 8.99. The number of primary sulfonamides is 1. The van der Waals surface area contributed by atoms with Gasteiger partial charge in [-0.05, 0) is 73.7 Å². The molecule has 38 heavy (non-hydrogen) atoms. The Morgan fingerprint density at radius 1 is 0.921 bits per heavy atom. The van der Waals surface area contributed by atoms with Crippen LogP contribution < -0.4 is 25.2 Å². The first-order valence-corrected chi connectivity index (χ1v) is 12.5. The maximum absolute atomic E-state index is 13.0. The number of carbonyl (C=O) groups is 3. The van der Waals surface area contributed by atoms with Gasteiger partial charge >= 0.3 is 5.97 Å². The van der Waals surface area contributed by atoms with E-state index in [4.69, 9.17) is 19.3 Å². The fraction of sp³-hybridized carbons (Fsp3) is 0.160. The molecule has 0 bridgehead atoms. The zero-order valence-corrected chi connectivity index (χ0v) is 21.1. The quantitative estimate of drug-likeness (QED) is 0.328. The van der Waals surface area contributed by atoms with Crippen molar-refractivity contribution in [3.8, 4) is 11.5 Å². The highest BCUT2D eigenvalue weighted by atomic mass is 32.2. The van der Waals surface area contributed by atoms with Crippen molar-refractivity contribution in [3.05, 3.63) is 78.1 Å². The number of amides is 2. The minimum atomic E-state index is -3.87. The van der Waals surface area contributed by atoms with E-state index < -0.39 is 39.7 Å². The van der Waals surface area contributed by atoms with Crippen molar-refractivity contribution in [2.24, 2.45) is 5.14 Å². The van der Waals surface area contributed by atoms with Gasteiger partial charge < -0.3 is 24.8 Å². The molecule has 3 aromatic carbocycles. The Balaban J connectivity index is 1.56. The van der Waals surface area contributed by atoms with E-state index in [9.17, 15) is 27.2 Å². The first-order chi connectivity index (χ1) is 18.0. The van der Waals surface area contributed by atoms with E-state index in [-0.39, 0.29) is 34.3 Å². The van der Waals surface area contributed by atoms with Gasteiger partial charge in [0.1, 0.15) is 5.82 Å². The second-order valence-electron chi connectivity index (χ2n) is 7.82. The highest BCUT2D eigenvalue weighted by Gasteiger charge is 2.21. The number of halogens is 1. The summed E-state index contributed by atoms with van der Waals surface area (Å²) in [5, 5.41) is 10.1. The Labute approximate surface area is 217 Å². The number of hydrogen-bond acceptors (Lipinski definition) is 8. The van der Waals surface area contributed by atoms with E-state index in [0.29, 0.717) is 5.69 Å². The average molecular weight is 546 g/mol. The molecule has 0 spiro atoms. The summed E-state index contributed by atoms with van der Waals surface area (Å²) >= 11 is 0. The molecule has 200 valence electrons. The molecule has 0 aromatic heterocycles. The maximum atomic E-state index is 13.0. The number of nitrogens with one attached hydrogen (secondary N) is 2. The standard InChI is InChI=1S/C25H24FN3O8S/c1-15(24(31)29-19-8-10-20(11-9-19)38(27,33)34)37-25(32)16-3-12-21(22(13-16)35-2)36-14-23(30)28-18-6-4-17(26)5-7-18/h3-13,15H,14H2,1-2H3,(H,28,30)(H,29,31)(H2,27,33,34)/t15-/m1/s1. The van der Waals surface area contributed by atoms with Gasteiger partial charge in [-0.2, -0.15) is 0 Å². The van der Waals surface area contributed by atoms with Crippen LogP contribution >= 0.6 is 0 Å². The second kappa shape index (κ2) is 12.2. The molecule has 0 fully saturated rings. The van der Waals surface area contributed by atoms with Crippen molar-refractivity contribution in [1.82, 2.24) is 0 Å². The van der Waals surface area contributed by atoms with Gasteiger partial charge in [0.2, 0.25) is 10.0 Å². The zero-order valence-electron chi connectivity index (χ0n) is 20.3. The van der Waals surface area contributed by atoms with Gasteiger partial charge in [-0.15, -0.1) is 0 Å². The van der Waals surface area contributed by atoms with Crippen LogP contribution in [0.25, 0.3) is 0 Å². The van der Waals surface area contributed by atoms with Gasteiger partial charge in [0.15, 0.2) is 24.2 Å². The van der Waals surface area contributed by atoms with Gasteiger partial charge in [0.05, 0.1) is 17.6 Å². The number of nitrogens with two attached hydrogens (primary N) is 1. The molecule has 3 aromatic rings. The van der Waals surface area contributed by atoms with Crippen LogP contribution in [0.15, 0.2) is 71.6 Å². The Morgan fingerprint density at radius 3 is 2.13 bits per heavy atom. The summed E-state index contributed by atoms with van der Waals surface area (Å²) in [5.41, 5.74) is 0.725. The minimum Gasteiger partial charge on any atom is -0.493 e. The first kappa shape index (κ1) is 28.1. The Morgan fingerprint density at radius 2 is 1.53 bits per heavy atom. The summed E-state index contributed by atoms with van der Waals surface area (Å²) in [6.45, 7) is 0.979. The van der Waals surface area contributed by atoms with Crippen molar-refractivity contribution in [3.63, 3.8) is 0 Å². The number of benzene rings is 3. The number of ether oxygens (including phenoxy) is 3. The minimum absolute atomic E-state index is 0.0575. The van der Waals surface area contributed by atoms with Crippen molar-refractivity contribution in [2.45, 2.75) is 17.9 Å². The topological polar surface area (TPSA) is 163 Å². The molecule has 11 nitrogen and oxygen atoms in total. The van der Waals surface area contributed by atoms with Gasteiger partial charge in [-0.25, -0.2) is 22.7 Å². The van der Waals surface area contributed by atoms with E-state index in [1.165, 1.54) is 80.8 Å². The third-order valence-electron chi connectivity index (χ3n) is 4.99. The van der Waals surface area contributed by atoms with E-state index >= 15 is 0 Å². The van der Waals surface area contributed by atoms with E-state index in [1.54, 1.807) is 0 Å². The van der Waals surface area contributed by atoms with Crippen LogP contribution in [0.1, 0.15) is 17.3 Å². The van der Waals surface area contributed by atoms with Crippen LogP contribution in [0.5, 0.6) is 11.5 Å². The molecule has 0 heterocycles. The largest absolute Gasteiger partial charge is 0.493 e. The lowest BCUT2D eigenvalue weighted by molar-refractivity contribution is -0.123. The lowest BCUT2D eigenvalue weighted by atomic mass is 10.2. The number of esters is 1. The lowest BCUT2D eigenvalue weighted by Gasteiger charge is -2.15. The van der Waals surface area contributed by atoms with Crippen molar-refractivity contribution < 1.29 is 41.4 Å². The van der Waals surface area contributed by atoms with Crippen molar-refractivity contribution in [1.29, 1.82) is 0 Å². The zero-order chi connectivity index (χ0) is 27.9. The summed E-state index contributed by atoms with van der Waals surface area (Å²) in [4.78, 5) is 37.0. The smallest absolute Gasteiger partial charge is 0.339 e. The second-order valence-corrected chi connectivity index (χ2v) is 9.38. The fourth-order valence-electron chi connectivity index (χ4n) is 3.04. The third-order valence-corrected chi connectivity index (χ3v) is 5.92. The molecule has 0 unspecified atom stereocenters. The average Bonchev–Trinajstić information content (AvgIpc) is 2.88. The molecule has 1 atom stereocenters. The van der Waals surface area contributed by atoms with Crippen LogP contribution in [-0.4, -0.2) is 46.0 Å². The molecule has 4 N–H and O–H groups in total. The fourth-order valence-corrected chi connectivity index (χ4v) is 3.56. The monoisotopic (exact) mass is 545 g/mol. The highest BCUT2D eigenvalue weighted by molar-refractivity contribution is 7.89. The molecule has 0 aliphatic rings. The summed E-state index contributed by atoms with van der Waals surface area (Å²) in [5.74, 6) is -2.10. The normalized spacial score (nSPS) is 11.7. The maximum Gasteiger partial charge on any atom is 0.339 e. The van der Waals surface area contributed by atoms with E-state index in [1.807, 2.05) is 0 Å². The lowest BCUT2D eigenvalue weighted by Crippen LogP contribution is -2.30. The molecular weight excluding hydrogens is 521 g/mol. The number of sulfonamides is 1. The van der Waals surface area contributed by atoms with Crippen LogP contribution in [-0.2, 0) is 24.3 Å². The molecule has 13 heteroatoms. The highest BCUT2D eigenvalue weighted by Crippen LogP contribution is 2.28. The summed E-state index contributed by atoms with van der Waals surface area (Å²) in [7, 11) is -2.53. The SMILES string of the molecule is COc1cc(C(=O)O[C@H](C)C(=O)Nc2ccc(S(N)(=O)=O)cc2)ccc1OCC(=O)Nc1ccc(F)cc1. The van der Waals surface area contributed by atoms with Gasteiger partial charge in [0.25, 0.3) is 11.8 Å². The molecule has 0 radical (unpaired) electrons. The van der Waals surface area contributed by atoms with Gasteiger partial charge in [-0.1, -0.05) is 0 Å². The van der Waals surface area contributed by atoms with Crippen LogP contribution in [0.2, 0.25) is 0 Å². The van der Waals surface area contributed by atoms with Crippen LogP contribution in [0, 0.1) is 5.82 Å². The van der Waals surface area contributed by atoms with Crippen LogP contribution in [0.3, 0.4) is 0 Å². The number of carbonyl (C=O) groups excluding carboxylic acids is 3. The van der Waals surface area contributed by atoms with Gasteiger partial charge in [-0.3, -0.25) is 9.59 Å². The predicted octanol–water partition coefficient (Wildman–Crippen LogP) is 2.68. The predicted molar refractivity (Wildman–Crippen MR) is 135 cm³/mol. The third kappa shape index (κ3) is 7.75. The van der Waals surface area contributed by atoms with Crippen molar-refractivity contribution in [2.75, 3.05) is 24.4 Å². The number of anilines is 2. The van der Waals surface area contributed by atoms with E-state index in [2.05, 4.69) is 10.6 Å². The molecular formula is C25H24FN3O8S. The Hall–Kier alpha value is -4.49. The van der Waals surface area contributed by atoms with Crippen LogP contribution in [0.4, 0.5) is 15.8 Å². The number of rotatable bonds is 10. The van der Waals surface area contributed by atoms with Gasteiger partial charge in [0, 0.05) is 11.4 Å². The summed E-state index contributed by atoms with van der Waals surface area (Å²) in [6, 6.07) is 14.4. The number of methoxy groups -OCH3 is 1. The molecule has 0 aliphatic heterocycles. The van der Waals surface area contributed by atoms with E-state index in [0.717, 1.165) is 0 Å². The molecule has 0 saturated heterocycles. The molecule has 2 amide bonds. The molecule has 3 rings (SSSR count). The Bertz CT molecular complexity index is 1430. The summed E-state index contributed by atoms with van der Waals surface area (Å²) < 4.78 is 51.5. The molecule has 0 aliphatic carbocycles. The number of hydrogen-bond donors (Lipinski definition) is 3.